The summed E-state index contributed by atoms with van der Waals surface area (Å²) in [6.07, 6.45) is 2.29. The Morgan fingerprint density at radius 1 is 1.50 bits per heavy atom. The largest absolute Gasteiger partial charge is 0.491 e. The molecule has 6 heteroatoms. The number of nitrogens with one attached hydrogen (secondary N) is 2. The molecule has 22 heavy (non-hydrogen) atoms. The van der Waals surface area contributed by atoms with Gasteiger partial charge in [-0.3, -0.25) is 4.79 Å². The van der Waals surface area contributed by atoms with E-state index >= 15 is 0 Å². The molecule has 3 atom stereocenters. The zero-order chi connectivity index (χ0) is 15.4. The summed E-state index contributed by atoms with van der Waals surface area (Å²) < 4.78 is 11.2. The first-order valence-electron chi connectivity index (χ1n) is 7.77. The fourth-order valence-corrected chi connectivity index (χ4v) is 2.77. The zero-order valence-electron chi connectivity index (χ0n) is 12.5. The molecule has 0 saturated carbocycles. The maximum absolute atomic E-state index is 12.1. The Labute approximate surface area is 129 Å². The third kappa shape index (κ3) is 3.97. The molecule has 0 radical (unpaired) electrons. The molecule has 1 aromatic rings. The first kappa shape index (κ1) is 15.3. The van der Waals surface area contributed by atoms with Crippen LogP contribution >= 0.6 is 0 Å². The number of rotatable bonds is 5. The van der Waals surface area contributed by atoms with Gasteiger partial charge in [0, 0.05) is 24.9 Å². The van der Waals surface area contributed by atoms with Crippen molar-refractivity contribution in [2.45, 2.75) is 37.5 Å². The molecule has 0 aromatic heterocycles. The van der Waals surface area contributed by atoms with Crippen LogP contribution in [0.2, 0.25) is 0 Å². The van der Waals surface area contributed by atoms with E-state index in [4.69, 9.17) is 9.47 Å². The molecule has 0 spiro atoms. The summed E-state index contributed by atoms with van der Waals surface area (Å²) in [5, 5.41) is 15.3. The molecule has 2 heterocycles. The van der Waals surface area contributed by atoms with Crippen LogP contribution in [0, 0.1) is 0 Å². The highest BCUT2D eigenvalue weighted by molar-refractivity contribution is 5.95. The third-order valence-corrected chi connectivity index (χ3v) is 3.99. The fraction of sp³-hybridized carbons (Fsp3) is 0.562. The van der Waals surface area contributed by atoms with Crippen molar-refractivity contribution < 1.29 is 19.4 Å². The Morgan fingerprint density at radius 3 is 3.14 bits per heavy atom. The number of amides is 1. The van der Waals surface area contributed by atoms with Crippen LogP contribution in [0.5, 0.6) is 5.75 Å². The minimum atomic E-state index is -0.447. The van der Waals surface area contributed by atoms with Crippen molar-refractivity contribution in [1.82, 2.24) is 5.32 Å². The first-order valence-corrected chi connectivity index (χ1v) is 7.77. The van der Waals surface area contributed by atoms with Crippen molar-refractivity contribution >= 4 is 11.6 Å². The van der Waals surface area contributed by atoms with Gasteiger partial charge in [-0.15, -0.1) is 0 Å². The highest BCUT2D eigenvalue weighted by Gasteiger charge is 2.28. The van der Waals surface area contributed by atoms with Crippen LogP contribution in [0.1, 0.15) is 19.3 Å². The van der Waals surface area contributed by atoms with Crippen LogP contribution in [0.4, 0.5) is 5.69 Å². The molecule has 120 valence electrons. The smallest absolute Gasteiger partial charge is 0.241 e. The van der Waals surface area contributed by atoms with E-state index in [-0.39, 0.29) is 18.1 Å². The molecule has 2 fully saturated rings. The lowest BCUT2D eigenvalue weighted by Gasteiger charge is -2.14. The van der Waals surface area contributed by atoms with Crippen molar-refractivity contribution in [3.05, 3.63) is 24.3 Å². The van der Waals surface area contributed by atoms with Crippen molar-refractivity contribution in [2.24, 2.45) is 0 Å². The maximum atomic E-state index is 12.1. The maximum Gasteiger partial charge on any atom is 0.241 e. The molecule has 6 nitrogen and oxygen atoms in total. The average molecular weight is 306 g/mol. The van der Waals surface area contributed by atoms with E-state index in [1.165, 1.54) is 0 Å². The van der Waals surface area contributed by atoms with Gasteiger partial charge in [0.1, 0.15) is 12.4 Å². The van der Waals surface area contributed by atoms with E-state index in [1.807, 2.05) is 18.2 Å². The van der Waals surface area contributed by atoms with Crippen LogP contribution in [0.15, 0.2) is 24.3 Å². The standard InChI is InChI=1S/C16H22N2O4/c19-12-8-15(17-9-12)16(20)18-11-3-1-4-13(7-11)22-10-14-5-2-6-21-14/h1,3-4,7,12,14-15,17,19H,2,5-6,8-10H2,(H,18,20). The van der Waals surface area contributed by atoms with Gasteiger partial charge in [0.2, 0.25) is 5.91 Å². The number of carbonyl (C=O) groups is 1. The van der Waals surface area contributed by atoms with Gasteiger partial charge in [-0.2, -0.15) is 0 Å². The van der Waals surface area contributed by atoms with E-state index in [1.54, 1.807) is 6.07 Å². The number of hydrogen-bond donors (Lipinski definition) is 3. The SMILES string of the molecule is O=C(Nc1cccc(OCC2CCCO2)c1)C1CC(O)CN1. The molecular formula is C16H22N2O4. The van der Waals surface area contributed by atoms with Gasteiger partial charge in [-0.25, -0.2) is 0 Å². The molecule has 2 aliphatic heterocycles. The van der Waals surface area contributed by atoms with E-state index in [0.717, 1.165) is 19.4 Å². The van der Waals surface area contributed by atoms with E-state index in [0.29, 0.717) is 31.0 Å². The summed E-state index contributed by atoms with van der Waals surface area (Å²) in [6, 6.07) is 6.99. The van der Waals surface area contributed by atoms with Gasteiger partial charge in [-0.05, 0) is 31.4 Å². The van der Waals surface area contributed by atoms with Gasteiger partial charge in [0.05, 0.1) is 18.2 Å². The number of hydrogen-bond acceptors (Lipinski definition) is 5. The monoisotopic (exact) mass is 306 g/mol. The van der Waals surface area contributed by atoms with Crippen LogP contribution < -0.4 is 15.4 Å². The van der Waals surface area contributed by atoms with Gasteiger partial charge >= 0.3 is 0 Å². The van der Waals surface area contributed by atoms with Crippen LogP contribution in [0.25, 0.3) is 0 Å². The lowest BCUT2D eigenvalue weighted by Crippen LogP contribution is -2.35. The molecule has 0 aliphatic carbocycles. The molecule has 2 saturated heterocycles. The number of aliphatic hydroxyl groups excluding tert-OH is 1. The highest BCUT2D eigenvalue weighted by Crippen LogP contribution is 2.20. The molecule has 3 unspecified atom stereocenters. The molecule has 2 aliphatic rings. The van der Waals surface area contributed by atoms with Crippen molar-refractivity contribution in [1.29, 1.82) is 0 Å². The second kappa shape index (κ2) is 7.09. The van der Waals surface area contributed by atoms with Gasteiger partial charge < -0.3 is 25.2 Å². The van der Waals surface area contributed by atoms with Crippen molar-refractivity contribution in [3.63, 3.8) is 0 Å². The van der Waals surface area contributed by atoms with Gasteiger partial charge in [0.25, 0.3) is 0 Å². The number of aliphatic hydroxyl groups is 1. The highest BCUT2D eigenvalue weighted by atomic mass is 16.5. The number of anilines is 1. The number of benzene rings is 1. The normalized spacial score (nSPS) is 27.8. The van der Waals surface area contributed by atoms with Crippen molar-refractivity contribution in [2.75, 3.05) is 25.1 Å². The van der Waals surface area contributed by atoms with E-state index in [9.17, 15) is 9.90 Å². The lowest BCUT2D eigenvalue weighted by atomic mass is 10.2. The Morgan fingerprint density at radius 2 is 2.41 bits per heavy atom. The molecule has 3 N–H and O–H groups in total. The summed E-state index contributed by atoms with van der Waals surface area (Å²) in [6.45, 7) is 1.81. The minimum Gasteiger partial charge on any atom is -0.491 e. The summed E-state index contributed by atoms with van der Waals surface area (Å²) in [7, 11) is 0. The molecular weight excluding hydrogens is 284 g/mol. The molecule has 1 aromatic carbocycles. The fourth-order valence-electron chi connectivity index (χ4n) is 2.77. The molecule has 1 amide bonds. The summed E-state index contributed by atoms with van der Waals surface area (Å²) in [5.41, 5.74) is 0.693. The van der Waals surface area contributed by atoms with Crippen LogP contribution in [-0.2, 0) is 9.53 Å². The second-order valence-corrected chi connectivity index (χ2v) is 5.81. The van der Waals surface area contributed by atoms with Gasteiger partial charge in [-0.1, -0.05) is 6.07 Å². The summed E-state index contributed by atoms with van der Waals surface area (Å²) in [5.74, 6) is 0.584. The Balaban J connectivity index is 1.53. The predicted octanol–water partition coefficient (Wildman–Crippen LogP) is 0.906. The Kier molecular flexibility index (Phi) is 4.92. The summed E-state index contributed by atoms with van der Waals surface area (Å²) in [4.78, 5) is 12.1. The van der Waals surface area contributed by atoms with E-state index in [2.05, 4.69) is 10.6 Å². The van der Waals surface area contributed by atoms with Crippen molar-refractivity contribution in [3.8, 4) is 5.75 Å². The van der Waals surface area contributed by atoms with Gasteiger partial charge in [0.15, 0.2) is 0 Å². The third-order valence-electron chi connectivity index (χ3n) is 3.99. The quantitative estimate of drug-likeness (QED) is 0.753. The average Bonchev–Trinajstić information content (AvgIpc) is 3.17. The minimum absolute atomic E-state index is 0.132. The Bertz CT molecular complexity index is 517. The number of β-amino-alcohol motifs (C(OH)–C–C–N with tert-alkyl or cyclic N) is 1. The van der Waals surface area contributed by atoms with Crippen LogP contribution in [0.3, 0.4) is 0 Å². The Hall–Kier alpha value is -1.63. The first-order chi connectivity index (χ1) is 10.7. The second-order valence-electron chi connectivity index (χ2n) is 5.81. The summed E-state index contributed by atoms with van der Waals surface area (Å²) >= 11 is 0. The predicted molar refractivity (Wildman–Crippen MR) is 82.0 cm³/mol. The molecule has 0 bridgehead atoms. The van der Waals surface area contributed by atoms with Crippen LogP contribution in [-0.4, -0.2) is 49.0 Å². The zero-order valence-corrected chi connectivity index (χ0v) is 12.5. The molecule has 3 rings (SSSR count). The van der Waals surface area contributed by atoms with E-state index < -0.39 is 6.10 Å². The topological polar surface area (TPSA) is 79.8 Å². The number of carbonyl (C=O) groups excluding carboxylic acids is 1. The lowest BCUT2D eigenvalue weighted by molar-refractivity contribution is -0.117. The number of ether oxygens (including phenoxy) is 2.